The van der Waals surface area contributed by atoms with Crippen molar-refractivity contribution in [3.8, 4) is 0 Å². The van der Waals surface area contributed by atoms with E-state index in [2.05, 4.69) is 10.3 Å². The van der Waals surface area contributed by atoms with Crippen LogP contribution < -0.4 is 0 Å². The van der Waals surface area contributed by atoms with Crippen LogP contribution in [0.3, 0.4) is 0 Å². The summed E-state index contributed by atoms with van der Waals surface area (Å²) in [4.78, 5) is 10.2. The Morgan fingerprint density at radius 3 is 2.14 bits per heavy atom. The van der Waals surface area contributed by atoms with Gasteiger partial charge >= 0.3 is 0 Å². The van der Waals surface area contributed by atoms with Crippen molar-refractivity contribution in [3.63, 3.8) is 0 Å². The van der Waals surface area contributed by atoms with Crippen molar-refractivity contribution in [2.75, 3.05) is 0 Å². The zero-order valence-electron chi connectivity index (χ0n) is 13.4. The van der Waals surface area contributed by atoms with Crippen LogP contribution in [-0.2, 0) is 0 Å². The molecule has 22 heavy (non-hydrogen) atoms. The molecule has 2 rings (SSSR count). The number of hydrogen-bond acceptors (Lipinski definition) is 5. The van der Waals surface area contributed by atoms with Crippen LogP contribution in [0.5, 0.6) is 0 Å². The third kappa shape index (κ3) is 3.41. The van der Waals surface area contributed by atoms with Crippen molar-refractivity contribution in [2.24, 2.45) is 10.3 Å². The fourth-order valence-corrected chi connectivity index (χ4v) is 3.20. The third-order valence-electron chi connectivity index (χ3n) is 3.93. The lowest BCUT2D eigenvalue weighted by molar-refractivity contribution is -0.384. The molecule has 1 heterocycles. The Morgan fingerprint density at radius 2 is 1.68 bits per heavy atom. The number of aliphatic hydroxyl groups is 1. The normalized spacial score (nSPS) is 21.2. The quantitative estimate of drug-likeness (QED) is 0.524. The van der Waals surface area contributed by atoms with Gasteiger partial charge in [-0.3, -0.25) is 15.1 Å². The molecule has 7 heteroatoms. The molecule has 0 bridgehead atoms. The summed E-state index contributed by atoms with van der Waals surface area (Å²) in [6.45, 7) is 8.08. The molecule has 1 aromatic rings. The van der Waals surface area contributed by atoms with Crippen molar-refractivity contribution in [1.29, 1.82) is 0 Å². The van der Waals surface area contributed by atoms with Gasteiger partial charge in [0.15, 0.2) is 0 Å². The number of aliphatic hydroxyl groups excluding tert-OH is 1. The van der Waals surface area contributed by atoms with Crippen molar-refractivity contribution in [3.05, 3.63) is 34.4 Å². The Kier molecular flexibility index (Phi) is 4.19. The summed E-state index contributed by atoms with van der Waals surface area (Å²) in [6, 6.07) is 5.95. The van der Waals surface area contributed by atoms with E-state index in [-0.39, 0.29) is 22.9 Å². The number of benzene rings is 1. The number of piperidine rings is 1. The minimum absolute atomic E-state index is 0.0284. The highest BCUT2D eigenvalue weighted by Crippen LogP contribution is 2.39. The Balaban J connectivity index is 2.21. The summed E-state index contributed by atoms with van der Waals surface area (Å²) in [5.74, 6) is 0. The minimum atomic E-state index is -0.445. The summed E-state index contributed by atoms with van der Waals surface area (Å²) in [6.07, 6.45) is 0.890. The van der Waals surface area contributed by atoms with Crippen LogP contribution in [0, 0.1) is 10.1 Å². The molecule has 1 aromatic carbocycles. The first-order chi connectivity index (χ1) is 10.1. The molecular weight excluding hydrogens is 284 g/mol. The smallest absolute Gasteiger partial charge is 0.269 e. The Hall–Kier alpha value is -2.02. The number of non-ortho nitro benzene ring substituents is 1. The van der Waals surface area contributed by atoms with Gasteiger partial charge in [0.2, 0.25) is 0 Å². The highest BCUT2D eigenvalue weighted by atomic mass is 16.6. The van der Waals surface area contributed by atoms with Crippen molar-refractivity contribution < 1.29 is 10.0 Å². The molecule has 1 N–H and O–H groups in total. The molecule has 0 aliphatic carbocycles. The zero-order chi connectivity index (χ0) is 16.5. The average molecular weight is 306 g/mol. The molecule has 0 radical (unpaired) electrons. The maximum Gasteiger partial charge on any atom is 0.269 e. The molecule has 1 fully saturated rings. The first kappa shape index (κ1) is 16.4. The zero-order valence-corrected chi connectivity index (χ0v) is 13.4. The van der Waals surface area contributed by atoms with Gasteiger partial charge < -0.3 is 5.11 Å². The molecule has 0 unspecified atom stereocenters. The number of nitrogens with zero attached hydrogens (tertiary/aromatic N) is 4. The Morgan fingerprint density at radius 1 is 1.18 bits per heavy atom. The van der Waals surface area contributed by atoms with E-state index < -0.39 is 4.92 Å². The summed E-state index contributed by atoms with van der Waals surface area (Å²) in [5, 5.41) is 31.1. The van der Waals surface area contributed by atoms with Gasteiger partial charge in [0.1, 0.15) is 0 Å². The Labute approximate surface area is 129 Å². The molecule has 0 spiro atoms. The van der Waals surface area contributed by atoms with Crippen LogP contribution in [-0.4, -0.2) is 32.2 Å². The van der Waals surface area contributed by atoms with Gasteiger partial charge in [-0.1, -0.05) is 5.22 Å². The van der Waals surface area contributed by atoms with Gasteiger partial charge in [-0.2, -0.15) is 0 Å². The molecule has 1 saturated heterocycles. The van der Waals surface area contributed by atoms with Gasteiger partial charge in [0, 0.05) is 12.1 Å². The van der Waals surface area contributed by atoms with Gasteiger partial charge in [-0.15, -0.1) is 5.11 Å². The van der Waals surface area contributed by atoms with Crippen LogP contribution in [0.15, 0.2) is 34.6 Å². The molecular formula is C15H22N4O3. The Bertz CT molecular complexity index is 563. The lowest BCUT2D eigenvalue weighted by Crippen LogP contribution is -2.59. The predicted octanol–water partition coefficient (Wildman–Crippen LogP) is 3.61. The molecule has 1 aliphatic rings. The molecule has 0 amide bonds. The standard InChI is InChI=1S/C15H22N4O3/c1-14(2)9-13(20)10-15(3,4)19(14)17-16-11-5-7-12(8-6-11)18(21)22/h5-8,13,20H,9-10H2,1-4H3/b17-16+. The van der Waals surface area contributed by atoms with E-state index in [9.17, 15) is 15.2 Å². The largest absolute Gasteiger partial charge is 0.393 e. The number of rotatable bonds is 3. The fraction of sp³-hybridized carbons (Fsp3) is 0.600. The van der Waals surface area contributed by atoms with E-state index in [1.807, 2.05) is 32.7 Å². The monoisotopic (exact) mass is 306 g/mol. The van der Waals surface area contributed by atoms with Crippen molar-refractivity contribution in [1.82, 2.24) is 5.01 Å². The first-order valence-corrected chi connectivity index (χ1v) is 7.26. The van der Waals surface area contributed by atoms with E-state index in [4.69, 9.17) is 0 Å². The second-order valence-corrected chi connectivity index (χ2v) is 6.96. The van der Waals surface area contributed by atoms with Crippen molar-refractivity contribution >= 4 is 11.4 Å². The molecule has 0 aromatic heterocycles. The topological polar surface area (TPSA) is 91.3 Å². The fourth-order valence-electron chi connectivity index (χ4n) is 3.20. The lowest BCUT2D eigenvalue weighted by Gasteiger charge is -2.51. The molecule has 0 saturated carbocycles. The van der Waals surface area contributed by atoms with E-state index in [1.165, 1.54) is 12.1 Å². The molecule has 7 nitrogen and oxygen atoms in total. The van der Waals surface area contributed by atoms with Crippen LogP contribution in [0.2, 0.25) is 0 Å². The maximum atomic E-state index is 10.6. The summed E-state index contributed by atoms with van der Waals surface area (Å²) in [5.41, 5.74) is -0.0410. The van der Waals surface area contributed by atoms with E-state index in [0.29, 0.717) is 18.5 Å². The number of hydrogen-bond donors (Lipinski definition) is 1. The average Bonchev–Trinajstić information content (AvgIpc) is 2.35. The highest BCUT2D eigenvalue weighted by Gasteiger charge is 2.45. The second kappa shape index (κ2) is 5.64. The SMILES string of the molecule is CC1(C)CC(O)CC(C)(C)N1/N=N/c1ccc([N+](=O)[O-])cc1. The van der Waals surface area contributed by atoms with Gasteiger partial charge in [0.25, 0.3) is 5.69 Å². The second-order valence-electron chi connectivity index (χ2n) is 6.96. The molecule has 1 aliphatic heterocycles. The summed E-state index contributed by atoms with van der Waals surface area (Å²) in [7, 11) is 0. The van der Waals surface area contributed by atoms with Crippen molar-refractivity contribution in [2.45, 2.75) is 57.7 Å². The predicted molar refractivity (Wildman–Crippen MR) is 82.9 cm³/mol. The minimum Gasteiger partial charge on any atom is -0.393 e. The maximum absolute atomic E-state index is 10.6. The molecule has 0 atom stereocenters. The van der Waals surface area contributed by atoms with Gasteiger partial charge in [0.05, 0.1) is 27.8 Å². The van der Waals surface area contributed by atoms with Gasteiger partial charge in [-0.25, -0.2) is 0 Å². The highest BCUT2D eigenvalue weighted by molar-refractivity contribution is 5.43. The number of nitro groups is 1. The van der Waals surface area contributed by atoms with Crippen LogP contribution >= 0.6 is 0 Å². The van der Waals surface area contributed by atoms with E-state index in [1.54, 1.807) is 12.1 Å². The lowest BCUT2D eigenvalue weighted by atomic mass is 9.80. The summed E-state index contributed by atoms with van der Waals surface area (Å²) >= 11 is 0. The van der Waals surface area contributed by atoms with E-state index >= 15 is 0 Å². The number of nitro benzene ring substituents is 1. The van der Waals surface area contributed by atoms with Gasteiger partial charge in [-0.05, 0) is 52.7 Å². The molecule has 120 valence electrons. The third-order valence-corrected chi connectivity index (χ3v) is 3.93. The van der Waals surface area contributed by atoms with Crippen LogP contribution in [0.25, 0.3) is 0 Å². The van der Waals surface area contributed by atoms with E-state index in [0.717, 1.165) is 0 Å². The first-order valence-electron chi connectivity index (χ1n) is 7.26. The van der Waals surface area contributed by atoms with Crippen LogP contribution in [0.4, 0.5) is 11.4 Å². The summed E-state index contributed by atoms with van der Waals surface area (Å²) < 4.78 is 0. The van der Waals surface area contributed by atoms with Crippen LogP contribution in [0.1, 0.15) is 40.5 Å².